The van der Waals surface area contributed by atoms with E-state index in [1.165, 1.54) is 5.56 Å². The Labute approximate surface area is 199 Å². The summed E-state index contributed by atoms with van der Waals surface area (Å²) in [6.45, 7) is 4.95. The van der Waals surface area contributed by atoms with Crippen LogP contribution in [0.1, 0.15) is 48.7 Å². The number of aliphatic hydroxyl groups is 1. The number of carbonyl (C=O) groups is 2. The van der Waals surface area contributed by atoms with E-state index in [-0.39, 0.29) is 42.4 Å². The van der Waals surface area contributed by atoms with Crippen molar-refractivity contribution in [3.05, 3.63) is 75.2 Å². The van der Waals surface area contributed by atoms with E-state index in [1.807, 2.05) is 42.2 Å². The van der Waals surface area contributed by atoms with Crippen LogP contribution in [0.25, 0.3) is 6.08 Å². The molecule has 4 atom stereocenters. The molecule has 2 aromatic rings. The van der Waals surface area contributed by atoms with Crippen LogP contribution in [0, 0.1) is 11.8 Å². The summed E-state index contributed by atoms with van der Waals surface area (Å²) in [5, 5.41) is 10.4. The zero-order valence-electron chi connectivity index (χ0n) is 19.7. The maximum atomic E-state index is 13.9. The molecule has 178 valence electrons. The summed E-state index contributed by atoms with van der Waals surface area (Å²) >= 11 is 0. The molecule has 0 bridgehead atoms. The predicted molar refractivity (Wildman–Crippen MR) is 129 cm³/mol. The number of aliphatic hydroxyl groups excluding tert-OH is 1. The minimum atomic E-state index is -0.725. The van der Waals surface area contributed by atoms with Crippen LogP contribution in [0.2, 0.25) is 0 Å². The number of allylic oxidation sites excluding steroid dienone is 1. The normalized spacial score (nSPS) is 25.4. The largest absolute Gasteiger partial charge is 0.396 e. The first kappa shape index (κ1) is 22.6. The van der Waals surface area contributed by atoms with Crippen molar-refractivity contribution in [3.8, 4) is 0 Å². The molecule has 7 nitrogen and oxygen atoms in total. The molecule has 4 heterocycles. The second-order valence-corrected chi connectivity index (χ2v) is 9.46. The van der Waals surface area contributed by atoms with E-state index in [2.05, 4.69) is 6.07 Å². The van der Waals surface area contributed by atoms with Crippen LogP contribution >= 0.6 is 0 Å². The van der Waals surface area contributed by atoms with Gasteiger partial charge in [0.2, 0.25) is 11.8 Å². The molecular formula is C27H31N3O4. The van der Waals surface area contributed by atoms with Gasteiger partial charge >= 0.3 is 0 Å². The summed E-state index contributed by atoms with van der Waals surface area (Å²) in [5.74, 6) is -0.834. The molecule has 5 rings (SSSR count). The fourth-order valence-electron chi connectivity index (χ4n) is 6.13. The third-order valence-electron chi connectivity index (χ3n) is 7.74. The van der Waals surface area contributed by atoms with E-state index in [0.29, 0.717) is 25.2 Å². The van der Waals surface area contributed by atoms with Crippen LogP contribution in [0.4, 0.5) is 0 Å². The fraction of sp³-hybridized carbons (Fsp3) is 0.444. The van der Waals surface area contributed by atoms with Gasteiger partial charge in [0.1, 0.15) is 6.04 Å². The Morgan fingerprint density at radius 2 is 1.91 bits per heavy atom. The molecule has 0 radical (unpaired) electrons. The summed E-state index contributed by atoms with van der Waals surface area (Å²) in [7, 11) is 0. The standard InChI is InChI=1S/C27H31N3O4/c1-3-7-18-10-11-22-24-20(15-29(22)26(18)33)21(16-31)25(30(24)23(32)4-2)27(34)28-13-12-17-8-5-6-9-19(17)14-28/h3,5-11,20-21,24-25,31H,4,12-16H2,1-2H3/b7-3-/t20-,21-,24+,25-/m0/s1. The lowest BCUT2D eigenvalue weighted by molar-refractivity contribution is -0.147. The number of likely N-dealkylation sites (tertiary alicyclic amines) is 1. The zero-order valence-corrected chi connectivity index (χ0v) is 19.7. The average molecular weight is 462 g/mol. The highest BCUT2D eigenvalue weighted by atomic mass is 16.3. The lowest BCUT2D eigenvalue weighted by Gasteiger charge is -2.36. The number of benzene rings is 1. The smallest absolute Gasteiger partial charge is 0.258 e. The van der Waals surface area contributed by atoms with Gasteiger partial charge in [-0.3, -0.25) is 14.4 Å². The van der Waals surface area contributed by atoms with Gasteiger partial charge in [-0.1, -0.05) is 43.3 Å². The molecular weight excluding hydrogens is 430 g/mol. The van der Waals surface area contributed by atoms with Gasteiger partial charge < -0.3 is 19.5 Å². The number of pyridine rings is 1. The Bertz CT molecular complexity index is 1220. The first-order valence-corrected chi connectivity index (χ1v) is 12.1. The second-order valence-electron chi connectivity index (χ2n) is 9.46. The second kappa shape index (κ2) is 8.87. The quantitative estimate of drug-likeness (QED) is 0.758. The Balaban J connectivity index is 1.53. The number of fused-ring (bicyclic) bond motifs is 4. The van der Waals surface area contributed by atoms with Crippen molar-refractivity contribution in [1.82, 2.24) is 14.4 Å². The molecule has 1 N–H and O–H groups in total. The van der Waals surface area contributed by atoms with Crippen molar-refractivity contribution in [1.29, 1.82) is 0 Å². The van der Waals surface area contributed by atoms with Gasteiger partial charge in [0.05, 0.1) is 6.04 Å². The lowest BCUT2D eigenvalue weighted by atomic mass is 9.87. The highest BCUT2D eigenvalue weighted by Gasteiger charge is 2.57. The number of hydrogen-bond donors (Lipinski definition) is 1. The van der Waals surface area contributed by atoms with E-state index < -0.39 is 12.0 Å². The molecule has 1 fully saturated rings. The highest BCUT2D eigenvalue weighted by Crippen LogP contribution is 2.50. The fourth-order valence-corrected chi connectivity index (χ4v) is 6.13. The summed E-state index contributed by atoms with van der Waals surface area (Å²) in [6, 6.07) is 10.7. The van der Waals surface area contributed by atoms with E-state index in [1.54, 1.807) is 28.5 Å². The van der Waals surface area contributed by atoms with Crippen molar-refractivity contribution in [2.45, 2.75) is 51.9 Å². The summed E-state index contributed by atoms with van der Waals surface area (Å²) in [4.78, 5) is 43.7. The topological polar surface area (TPSA) is 82.8 Å². The third-order valence-corrected chi connectivity index (χ3v) is 7.74. The average Bonchev–Trinajstić information content (AvgIpc) is 3.39. The van der Waals surface area contributed by atoms with Gasteiger partial charge in [-0.05, 0) is 36.6 Å². The van der Waals surface area contributed by atoms with Crippen LogP contribution < -0.4 is 5.56 Å². The van der Waals surface area contributed by atoms with E-state index in [4.69, 9.17) is 0 Å². The van der Waals surface area contributed by atoms with E-state index >= 15 is 0 Å². The zero-order chi connectivity index (χ0) is 24.0. The summed E-state index contributed by atoms with van der Waals surface area (Å²) in [6.07, 6.45) is 4.64. The number of carbonyl (C=O) groups excluding carboxylic acids is 2. The number of nitrogens with zero attached hydrogens (tertiary/aromatic N) is 3. The van der Waals surface area contributed by atoms with Gasteiger partial charge in [-0.15, -0.1) is 0 Å². The molecule has 34 heavy (non-hydrogen) atoms. The van der Waals surface area contributed by atoms with Gasteiger partial charge in [-0.2, -0.15) is 0 Å². The molecule has 1 saturated heterocycles. The van der Waals surface area contributed by atoms with Crippen LogP contribution in [0.5, 0.6) is 0 Å². The third kappa shape index (κ3) is 3.41. The van der Waals surface area contributed by atoms with Crippen molar-refractivity contribution >= 4 is 17.9 Å². The minimum absolute atomic E-state index is 0.0962. The first-order valence-electron chi connectivity index (χ1n) is 12.1. The first-order chi connectivity index (χ1) is 16.5. The molecule has 3 aliphatic heterocycles. The van der Waals surface area contributed by atoms with Gasteiger partial charge in [0, 0.05) is 55.8 Å². The van der Waals surface area contributed by atoms with E-state index in [0.717, 1.165) is 17.7 Å². The van der Waals surface area contributed by atoms with Gasteiger partial charge in [0.25, 0.3) is 5.56 Å². The predicted octanol–water partition coefficient (Wildman–Crippen LogP) is 2.37. The van der Waals surface area contributed by atoms with Crippen LogP contribution in [0.3, 0.4) is 0 Å². The van der Waals surface area contributed by atoms with Crippen LogP contribution in [-0.4, -0.2) is 50.5 Å². The van der Waals surface area contributed by atoms with Crippen molar-refractivity contribution < 1.29 is 14.7 Å². The lowest BCUT2D eigenvalue weighted by Crippen LogP contribution is -2.52. The Morgan fingerprint density at radius 3 is 2.62 bits per heavy atom. The Kier molecular flexibility index (Phi) is 5.90. The molecule has 0 saturated carbocycles. The molecule has 3 aliphatic rings. The maximum Gasteiger partial charge on any atom is 0.258 e. The number of amides is 2. The van der Waals surface area contributed by atoms with Gasteiger partial charge in [0.15, 0.2) is 0 Å². The molecule has 1 aromatic carbocycles. The van der Waals surface area contributed by atoms with Crippen molar-refractivity contribution in [3.63, 3.8) is 0 Å². The SMILES string of the molecule is C/C=C\c1ccc2n(c1=O)C[C@H]1[C@H](CO)[C@@H](C(=O)N3CCc4ccccc4C3)N(C(=O)CC)[C@@H]21. The molecule has 2 amide bonds. The summed E-state index contributed by atoms with van der Waals surface area (Å²) < 4.78 is 1.72. The van der Waals surface area contributed by atoms with Gasteiger partial charge in [-0.25, -0.2) is 0 Å². The molecule has 1 aromatic heterocycles. The monoisotopic (exact) mass is 461 g/mol. The van der Waals surface area contributed by atoms with Crippen LogP contribution in [-0.2, 0) is 29.1 Å². The Hall–Kier alpha value is -3.19. The number of hydrogen-bond acceptors (Lipinski definition) is 4. The number of rotatable bonds is 4. The molecule has 0 aliphatic carbocycles. The van der Waals surface area contributed by atoms with Crippen molar-refractivity contribution in [2.24, 2.45) is 11.8 Å². The summed E-state index contributed by atoms with van der Waals surface area (Å²) in [5.41, 5.74) is 3.63. The van der Waals surface area contributed by atoms with Crippen LogP contribution in [0.15, 0.2) is 47.3 Å². The van der Waals surface area contributed by atoms with Crippen molar-refractivity contribution in [2.75, 3.05) is 13.2 Å². The number of aromatic nitrogens is 1. The molecule has 7 heteroatoms. The minimum Gasteiger partial charge on any atom is -0.396 e. The van der Waals surface area contributed by atoms with E-state index in [9.17, 15) is 19.5 Å². The molecule has 0 unspecified atom stereocenters. The molecule has 0 spiro atoms. The Morgan fingerprint density at radius 1 is 1.15 bits per heavy atom. The maximum absolute atomic E-state index is 13.9. The highest BCUT2D eigenvalue weighted by molar-refractivity contribution is 5.89.